The number of alkyl halides is 3. The average Bonchev–Trinajstić information content (AvgIpc) is 2.66. The van der Waals surface area contributed by atoms with Crippen molar-refractivity contribution in [2.45, 2.75) is 6.18 Å². The van der Waals surface area contributed by atoms with E-state index in [9.17, 15) is 32.3 Å². The van der Waals surface area contributed by atoms with E-state index in [2.05, 4.69) is 4.98 Å². The number of aromatic nitrogens is 1. The molecule has 5 nitrogen and oxygen atoms in total. The predicted octanol–water partition coefficient (Wildman–Crippen LogP) is 4.42. The van der Waals surface area contributed by atoms with Crippen molar-refractivity contribution in [1.82, 2.24) is 4.98 Å². The Morgan fingerprint density at radius 2 is 1.59 bits per heavy atom. The number of benzene rings is 2. The molecule has 0 aliphatic rings. The first-order valence-corrected chi connectivity index (χ1v) is 8.10. The van der Waals surface area contributed by atoms with Gasteiger partial charge in [-0.05, 0) is 23.3 Å². The van der Waals surface area contributed by atoms with Gasteiger partial charge in [0.2, 0.25) is 5.95 Å². The highest BCUT2D eigenvalue weighted by molar-refractivity contribution is 6.18. The molecular weight excluding hydrogens is 392 g/mol. The zero-order valence-electron chi connectivity index (χ0n) is 14.5. The molecule has 9 heteroatoms. The van der Waals surface area contributed by atoms with E-state index in [0.29, 0.717) is 11.6 Å². The lowest BCUT2D eigenvalue weighted by Crippen LogP contribution is -2.15. The van der Waals surface area contributed by atoms with Gasteiger partial charge >= 0.3 is 12.1 Å². The molecule has 0 atom stereocenters. The molecule has 0 radical (unpaired) electrons. The van der Waals surface area contributed by atoms with Gasteiger partial charge in [-0.3, -0.25) is 4.79 Å². The zero-order valence-corrected chi connectivity index (χ0v) is 14.5. The molecule has 148 valence electrons. The van der Waals surface area contributed by atoms with Gasteiger partial charge in [-0.2, -0.15) is 17.6 Å². The van der Waals surface area contributed by atoms with Gasteiger partial charge in [0.25, 0.3) is 0 Å². The highest BCUT2D eigenvalue weighted by Crippen LogP contribution is 2.33. The zero-order chi connectivity index (χ0) is 21.3. The molecule has 0 spiro atoms. The molecule has 29 heavy (non-hydrogen) atoms. The third kappa shape index (κ3) is 3.93. The monoisotopic (exact) mass is 404 g/mol. The molecule has 0 bridgehead atoms. The fraction of sp³-hybridized carbons (Fsp3) is 0.0500. The van der Waals surface area contributed by atoms with Crippen LogP contribution in [-0.2, 0) is 6.18 Å². The van der Waals surface area contributed by atoms with Crippen LogP contribution in [0.4, 0.5) is 23.4 Å². The maximum atomic E-state index is 13.7. The number of carboxylic acid groups (broad SMARTS) is 1. The minimum Gasteiger partial charge on any atom is -0.478 e. The van der Waals surface area contributed by atoms with Crippen molar-refractivity contribution in [2.24, 2.45) is 0 Å². The first-order chi connectivity index (χ1) is 13.6. The quantitative estimate of drug-likeness (QED) is 0.382. The molecule has 0 saturated carbocycles. The Hall–Kier alpha value is -3.75. The van der Waals surface area contributed by atoms with Crippen molar-refractivity contribution < 1.29 is 32.3 Å². The van der Waals surface area contributed by atoms with Gasteiger partial charge in [0.05, 0.1) is 5.56 Å². The van der Waals surface area contributed by atoms with Crippen molar-refractivity contribution in [3.05, 3.63) is 82.8 Å². The second-order valence-electron chi connectivity index (χ2n) is 6.01. The van der Waals surface area contributed by atoms with Crippen LogP contribution in [0.2, 0.25) is 0 Å². The summed E-state index contributed by atoms with van der Waals surface area (Å²) in [6.45, 7) is 0. The molecule has 0 aliphatic carbocycles. The number of nitrogens with two attached hydrogens (primary N) is 1. The molecule has 0 aliphatic heterocycles. The van der Waals surface area contributed by atoms with E-state index < -0.39 is 46.4 Å². The summed E-state index contributed by atoms with van der Waals surface area (Å²) in [6.07, 6.45) is -4.52. The van der Waals surface area contributed by atoms with Gasteiger partial charge in [-0.1, -0.05) is 36.4 Å². The SMILES string of the molecule is Nc1nc(F)cc(C(=O)c2ccccc2-c2ccc(C(F)(F)F)cc2)c1C(=O)O. The number of carbonyl (C=O) groups is 2. The highest BCUT2D eigenvalue weighted by Gasteiger charge is 2.30. The molecule has 0 amide bonds. The summed E-state index contributed by atoms with van der Waals surface area (Å²) >= 11 is 0. The third-order valence-corrected chi connectivity index (χ3v) is 4.17. The van der Waals surface area contributed by atoms with E-state index in [1.54, 1.807) is 6.07 Å². The maximum absolute atomic E-state index is 13.7. The van der Waals surface area contributed by atoms with E-state index >= 15 is 0 Å². The van der Waals surface area contributed by atoms with Crippen molar-refractivity contribution in [1.29, 1.82) is 0 Å². The van der Waals surface area contributed by atoms with Crippen LogP contribution in [-0.4, -0.2) is 21.8 Å². The number of hydrogen-bond donors (Lipinski definition) is 2. The minimum absolute atomic E-state index is 0.0280. The number of carbonyl (C=O) groups excluding carboxylic acids is 1. The van der Waals surface area contributed by atoms with Gasteiger partial charge < -0.3 is 10.8 Å². The number of nitrogen functional groups attached to an aromatic ring is 1. The Balaban J connectivity index is 2.13. The van der Waals surface area contributed by atoms with Crippen LogP contribution in [0.15, 0.2) is 54.6 Å². The van der Waals surface area contributed by atoms with E-state index in [-0.39, 0.29) is 11.1 Å². The second kappa shape index (κ2) is 7.34. The number of rotatable bonds is 4. The molecule has 3 rings (SSSR count). The Morgan fingerprint density at radius 3 is 2.17 bits per heavy atom. The normalized spacial score (nSPS) is 11.3. The fourth-order valence-electron chi connectivity index (χ4n) is 2.85. The van der Waals surface area contributed by atoms with E-state index in [1.807, 2.05) is 0 Å². The Morgan fingerprint density at radius 1 is 0.966 bits per heavy atom. The van der Waals surface area contributed by atoms with Crippen molar-refractivity contribution in [2.75, 3.05) is 5.73 Å². The molecule has 3 aromatic rings. The number of halogens is 4. The van der Waals surface area contributed by atoms with Crippen LogP contribution in [0.25, 0.3) is 11.1 Å². The Bertz CT molecular complexity index is 1110. The Kier molecular flexibility index (Phi) is 5.06. The Labute approximate surface area is 161 Å². The summed E-state index contributed by atoms with van der Waals surface area (Å²) in [5.74, 6) is -4.22. The molecule has 1 aromatic heterocycles. The number of hydrogen-bond acceptors (Lipinski definition) is 4. The fourth-order valence-corrected chi connectivity index (χ4v) is 2.85. The lowest BCUT2D eigenvalue weighted by molar-refractivity contribution is -0.137. The van der Waals surface area contributed by atoms with Gasteiger partial charge in [0, 0.05) is 17.2 Å². The summed E-state index contributed by atoms with van der Waals surface area (Å²) < 4.78 is 52.0. The number of anilines is 1. The van der Waals surface area contributed by atoms with Gasteiger partial charge in [-0.25, -0.2) is 9.78 Å². The molecule has 0 saturated heterocycles. The summed E-state index contributed by atoms with van der Waals surface area (Å²) in [5, 5.41) is 9.33. The molecule has 3 N–H and O–H groups in total. The van der Waals surface area contributed by atoms with E-state index in [0.717, 1.165) is 12.1 Å². The van der Waals surface area contributed by atoms with Crippen molar-refractivity contribution in [3.8, 4) is 11.1 Å². The highest BCUT2D eigenvalue weighted by atomic mass is 19.4. The molecular formula is C20H12F4N2O3. The molecule has 0 fully saturated rings. The van der Waals surface area contributed by atoms with Crippen LogP contribution < -0.4 is 5.73 Å². The van der Waals surface area contributed by atoms with Crippen LogP contribution >= 0.6 is 0 Å². The van der Waals surface area contributed by atoms with E-state index in [4.69, 9.17) is 5.73 Å². The second-order valence-corrected chi connectivity index (χ2v) is 6.01. The number of aromatic carboxylic acids is 1. The standard InChI is InChI=1S/C20H12F4N2O3/c21-15-9-14(16(19(28)29)18(25)26-15)17(27)13-4-2-1-3-12(13)10-5-7-11(8-6-10)20(22,23)24/h1-9H,(H2,25,26)(H,28,29). The minimum atomic E-state index is -4.52. The number of pyridine rings is 1. The summed E-state index contributed by atoms with van der Waals surface area (Å²) in [5.41, 5.74) is 3.94. The van der Waals surface area contributed by atoms with Crippen LogP contribution in [0, 0.1) is 5.95 Å². The lowest BCUT2D eigenvalue weighted by atomic mass is 9.92. The number of nitrogens with zero attached hydrogens (tertiary/aromatic N) is 1. The molecule has 1 heterocycles. The van der Waals surface area contributed by atoms with Crippen LogP contribution in [0.5, 0.6) is 0 Å². The van der Waals surface area contributed by atoms with Crippen molar-refractivity contribution in [3.63, 3.8) is 0 Å². The smallest absolute Gasteiger partial charge is 0.416 e. The topological polar surface area (TPSA) is 93.3 Å². The van der Waals surface area contributed by atoms with Gasteiger partial charge in [-0.15, -0.1) is 0 Å². The number of carboxylic acids is 1. The van der Waals surface area contributed by atoms with Crippen LogP contribution in [0.1, 0.15) is 31.8 Å². The first kappa shape index (κ1) is 20.0. The maximum Gasteiger partial charge on any atom is 0.416 e. The van der Waals surface area contributed by atoms with Gasteiger partial charge in [0.15, 0.2) is 5.78 Å². The first-order valence-electron chi connectivity index (χ1n) is 8.10. The summed E-state index contributed by atoms with van der Waals surface area (Å²) in [4.78, 5) is 27.7. The van der Waals surface area contributed by atoms with Gasteiger partial charge in [0.1, 0.15) is 11.4 Å². The number of ketones is 1. The third-order valence-electron chi connectivity index (χ3n) is 4.17. The van der Waals surface area contributed by atoms with Crippen molar-refractivity contribution >= 4 is 17.6 Å². The summed E-state index contributed by atoms with van der Waals surface area (Å²) in [6, 6.07) is 10.7. The average molecular weight is 404 g/mol. The van der Waals surface area contributed by atoms with E-state index in [1.165, 1.54) is 30.3 Å². The molecule has 2 aromatic carbocycles. The predicted molar refractivity (Wildman–Crippen MR) is 95.9 cm³/mol. The lowest BCUT2D eigenvalue weighted by Gasteiger charge is -2.13. The van der Waals surface area contributed by atoms with Crippen LogP contribution in [0.3, 0.4) is 0 Å². The molecule has 0 unspecified atom stereocenters. The largest absolute Gasteiger partial charge is 0.478 e. The summed E-state index contributed by atoms with van der Waals surface area (Å²) in [7, 11) is 0.